The van der Waals surface area contributed by atoms with Gasteiger partial charge in [-0.05, 0) is 52.8 Å². The summed E-state index contributed by atoms with van der Waals surface area (Å²) in [5.41, 5.74) is 4.71. The van der Waals surface area contributed by atoms with Crippen LogP contribution in [0.25, 0.3) is 0 Å². The van der Waals surface area contributed by atoms with Gasteiger partial charge in [-0.2, -0.15) is 0 Å². The van der Waals surface area contributed by atoms with Gasteiger partial charge in [-0.1, -0.05) is 6.07 Å². The van der Waals surface area contributed by atoms with Crippen LogP contribution in [-0.4, -0.2) is 15.5 Å². The molecular weight excluding hydrogens is 262 g/mol. The number of aryl methyl sites for hydroxylation is 2. The molecule has 2 aromatic heterocycles. The van der Waals surface area contributed by atoms with Crippen LogP contribution in [0.5, 0.6) is 0 Å². The summed E-state index contributed by atoms with van der Waals surface area (Å²) < 4.78 is 2.14. The second kappa shape index (κ2) is 6.12. The van der Waals surface area contributed by atoms with Crippen molar-refractivity contribution in [1.82, 2.24) is 14.9 Å². The van der Waals surface area contributed by atoms with E-state index in [1.807, 2.05) is 52.0 Å². The lowest BCUT2D eigenvalue weighted by Gasteiger charge is -2.14. The van der Waals surface area contributed by atoms with Crippen molar-refractivity contribution in [2.75, 3.05) is 0 Å². The minimum absolute atomic E-state index is 0.0430. The number of aromatic nitrogens is 2. The quantitative estimate of drug-likeness (QED) is 0.936. The largest absolute Gasteiger partial charge is 0.349 e. The highest BCUT2D eigenvalue weighted by atomic mass is 16.1. The van der Waals surface area contributed by atoms with Crippen molar-refractivity contribution in [3.8, 4) is 0 Å². The maximum atomic E-state index is 12.5. The van der Waals surface area contributed by atoms with Crippen LogP contribution in [0.15, 0.2) is 24.3 Å². The predicted molar refractivity (Wildman–Crippen MR) is 84.4 cm³/mol. The van der Waals surface area contributed by atoms with Crippen molar-refractivity contribution >= 4 is 5.91 Å². The zero-order valence-corrected chi connectivity index (χ0v) is 13.4. The smallest absolute Gasteiger partial charge is 0.253 e. The van der Waals surface area contributed by atoms with Crippen LogP contribution in [-0.2, 0) is 6.54 Å². The fourth-order valence-corrected chi connectivity index (χ4v) is 2.67. The highest BCUT2D eigenvalue weighted by Gasteiger charge is 2.17. The van der Waals surface area contributed by atoms with Gasteiger partial charge >= 0.3 is 0 Å². The van der Waals surface area contributed by atoms with E-state index in [4.69, 9.17) is 0 Å². The van der Waals surface area contributed by atoms with E-state index < -0.39 is 0 Å². The molecule has 4 heteroatoms. The second-order valence-electron chi connectivity index (χ2n) is 5.43. The monoisotopic (exact) mass is 285 g/mol. The molecule has 0 radical (unpaired) electrons. The van der Waals surface area contributed by atoms with Crippen molar-refractivity contribution in [2.45, 2.75) is 47.2 Å². The Morgan fingerprint density at radius 3 is 2.62 bits per heavy atom. The van der Waals surface area contributed by atoms with Gasteiger partial charge in [-0.25, -0.2) is 0 Å². The number of pyridine rings is 1. The maximum Gasteiger partial charge on any atom is 0.253 e. The van der Waals surface area contributed by atoms with Gasteiger partial charge in [-0.3, -0.25) is 9.78 Å². The summed E-state index contributed by atoms with van der Waals surface area (Å²) in [7, 11) is 0. The Morgan fingerprint density at radius 1 is 1.33 bits per heavy atom. The van der Waals surface area contributed by atoms with Crippen LogP contribution in [0.1, 0.15) is 53.0 Å². The summed E-state index contributed by atoms with van der Waals surface area (Å²) in [6.07, 6.45) is 0. The lowest BCUT2D eigenvalue weighted by molar-refractivity contribution is 0.0938. The van der Waals surface area contributed by atoms with Crippen LogP contribution < -0.4 is 5.32 Å². The molecule has 1 N–H and O–H groups in total. The zero-order valence-electron chi connectivity index (χ0n) is 13.4. The molecule has 0 spiro atoms. The van der Waals surface area contributed by atoms with Crippen LogP contribution in [0, 0.1) is 20.8 Å². The predicted octanol–water partition coefficient (Wildman–Crippen LogP) is 3.32. The molecule has 1 amide bonds. The molecule has 0 aliphatic rings. The molecule has 0 bridgehead atoms. The summed E-state index contributed by atoms with van der Waals surface area (Å²) in [6, 6.07) is 7.69. The Balaban J connectivity index is 2.18. The van der Waals surface area contributed by atoms with Crippen LogP contribution >= 0.6 is 0 Å². The first kappa shape index (κ1) is 15.3. The van der Waals surface area contributed by atoms with Gasteiger partial charge in [0.1, 0.15) is 0 Å². The first-order valence-corrected chi connectivity index (χ1v) is 7.35. The molecule has 0 aliphatic heterocycles. The number of rotatable bonds is 4. The fraction of sp³-hybridized carbons (Fsp3) is 0.412. The number of carbonyl (C=O) groups is 1. The number of amides is 1. The third kappa shape index (κ3) is 3.15. The van der Waals surface area contributed by atoms with E-state index in [0.717, 1.165) is 34.9 Å². The van der Waals surface area contributed by atoms with Gasteiger partial charge in [0.25, 0.3) is 5.91 Å². The molecule has 0 aromatic carbocycles. The normalized spacial score (nSPS) is 12.2. The summed E-state index contributed by atoms with van der Waals surface area (Å²) in [4.78, 5) is 16.9. The summed E-state index contributed by atoms with van der Waals surface area (Å²) in [5.74, 6) is -0.0430. The Morgan fingerprint density at radius 2 is 2.05 bits per heavy atom. The molecule has 2 rings (SSSR count). The van der Waals surface area contributed by atoms with E-state index in [9.17, 15) is 4.79 Å². The van der Waals surface area contributed by atoms with E-state index >= 15 is 0 Å². The zero-order chi connectivity index (χ0) is 15.6. The van der Waals surface area contributed by atoms with Gasteiger partial charge in [0, 0.05) is 23.6 Å². The molecule has 0 saturated heterocycles. The molecule has 0 saturated carbocycles. The lowest BCUT2D eigenvalue weighted by Crippen LogP contribution is -2.27. The van der Waals surface area contributed by atoms with E-state index in [1.54, 1.807) is 0 Å². The molecule has 2 heterocycles. The number of nitrogens with zero attached hydrogens (tertiary/aromatic N) is 2. The molecule has 1 atom stereocenters. The number of carbonyl (C=O) groups excluding carboxylic acids is 1. The molecular formula is C17H23N3O. The molecule has 2 aromatic rings. The standard InChI is InChI=1S/C17H23N3O/c1-6-20-12(3)10-15(14(20)5)17(21)19-13(4)16-9-7-8-11(2)18-16/h7-10,13H,6H2,1-5H3,(H,19,21)/t13-/m1/s1. The number of hydrogen-bond acceptors (Lipinski definition) is 2. The summed E-state index contributed by atoms with van der Waals surface area (Å²) >= 11 is 0. The minimum Gasteiger partial charge on any atom is -0.349 e. The highest BCUT2D eigenvalue weighted by molar-refractivity contribution is 5.95. The Bertz CT molecular complexity index is 658. The third-order valence-electron chi connectivity index (χ3n) is 3.84. The molecule has 4 nitrogen and oxygen atoms in total. The second-order valence-corrected chi connectivity index (χ2v) is 5.43. The first-order valence-electron chi connectivity index (χ1n) is 7.35. The van der Waals surface area contributed by atoms with E-state index in [2.05, 4.69) is 21.8 Å². The molecule has 0 aliphatic carbocycles. The van der Waals surface area contributed by atoms with E-state index in [-0.39, 0.29) is 11.9 Å². The SMILES string of the molecule is CCn1c(C)cc(C(=O)N[C@H](C)c2cccc(C)n2)c1C. The van der Waals surface area contributed by atoms with Gasteiger partial charge in [0.15, 0.2) is 0 Å². The van der Waals surface area contributed by atoms with Crippen molar-refractivity contribution < 1.29 is 4.79 Å². The van der Waals surface area contributed by atoms with Gasteiger partial charge in [0.05, 0.1) is 17.3 Å². The summed E-state index contributed by atoms with van der Waals surface area (Å²) in [5, 5.41) is 3.03. The maximum absolute atomic E-state index is 12.5. The topological polar surface area (TPSA) is 46.9 Å². The van der Waals surface area contributed by atoms with Crippen LogP contribution in [0.3, 0.4) is 0 Å². The Kier molecular flexibility index (Phi) is 4.46. The lowest BCUT2D eigenvalue weighted by atomic mass is 10.1. The number of nitrogens with one attached hydrogen (secondary N) is 1. The highest BCUT2D eigenvalue weighted by Crippen LogP contribution is 2.17. The van der Waals surface area contributed by atoms with E-state index in [1.165, 1.54) is 0 Å². The van der Waals surface area contributed by atoms with Gasteiger partial charge in [-0.15, -0.1) is 0 Å². The average molecular weight is 285 g/mol. The third-order valence-corrected chi connectivity index (χ3v) is 3.84. The van der Waals surface area contributed by atoms with Crippen molar-refractivity contribution in [3.63, 3.8) is 0 Å². The fourth-order valence-electron chi connectivity index (χ4n) is 2.67. The Labute approximate surface area is 126 Å². The minimum atomic E-state index is -0.109. The van der Waals surface area contributed by atoms with Crippen LogP contribution in [0.4, 0.5) is 0 Å². The molecule has 0 unspecified atom stereocenters. The van der Waals surface area contributed by atoms with Gasteiger partial charge < -0.3 is 9.88 Å². The molecule has 112 valence electrons. The Hall–Kier alpha value is -2.10. The number of hydrogen-bond donors (Lipinski definition) is 1. The molecule has 21 heavy (non-hydrogen) atoms. The summed E-state index contributed by atoms with van der Waals surface area (Å²) in [6.45, 7) is 10.9. The van der Waals surface area contributed by atoms with E-state index in [0.29, 0.717) is 0 Å². The average Bonchev–Trinajstić information content (AvgIpc) is 2.73. The van der Waals surface area contributed by atoms with Crippen molar-refractivity contribution in [2.24, 2.45) is 0 Å². The van der Waals surface area contributed by atoms with Gasteiger partial charge in [0.2, 0.25) is 0 Å². The van der Waals surface area contributed by atoms with Crippen LogP contribution in [0.2, 0.25) is 0 Å². The van der Waals surface area contributed by atoms with Crippen molar-refractivity contribution in [1.29, 1.82) is 0 Å². The van der Waals surface area contributed by atoms with Crippen molar-refractivity contribution in [3.05, 3.63) is 52.6 Å². The molecule has 0 fully saturated rings. The first-order chi connectivity index (χ1) is 9.93.